The monoisotopic (exact) mass is 279 g/mol. The molecular formula is C16H12BO4-. The number of rotatable bonds is 2. The minimum Gasteiger partial charge on any atom is -0.609 e. The largest absolute Gasteiger partial charge is 0.777 e. The van der Waals surface area contributed by atoms with Gasteiger partial charge in [0.2, 0.25) is 0 Å². The van der Waals surface area contributed by atoms with Gasteiger partial charge >= 0.3 is 6.96 Å². The Labute approximate surface area is 122 Å². The first-order chi connectivity index (χ1) is 10.2. The second-order valence-electron chi connectivity index (χ2n) is 4.87. The van der Waals surface area contributed by atoms with Gasteiger partial charge in [-0.25, -0.2) is 0 Å². The highest BCUT2D eigenvalue weighted by Crippen LogP contribution is 2.45. The Kier molecular flexibility index (Phi) is 2.33. The van der Waals surface area contributed by atoms with Crippen LogP contribution in [0.1, 0.15) is 11.1 Å². The lowest BCUT2D eigenvalue weighted by molar-refractivity contribution is 0.224. The molecule has 0 amide bonds. The van der Waals surface area contributed by atoms with Crippen LogP contribution in [0, 0.1) is 0 Å². The Morgan fingerprint density at radius 1 is 0.667 bits per heavy atom. The zero-order valence-corrected chi connectivity index (χ0v) is 11.2. The molecule has 5 heteroatoms. The van der Waals surface area contributed by atoms with Crippen LogP contribution < -0.4 is 18.6 Å². The maximum Gasteiger partial charge on any atom is 0.777 e. The summed E-state index contributed by atoms with van der Waals surface area (Å²) < 4.78 is 23.0. The lowest BCUT2D eigenvalue weighted by atomic mass is 10.1. The molecule has 0 unspecified atom stereocenters. The SMILES string of the molecule is C=Cc1ccc2c(c1)O[B-]1(O2)Oc2ccc(C=C)cc2O1. The van der Waals surface area contributed by atoms with Crippen molar-refractivity contribution < 1.29 is 18.6 Å². The summed E-state index contributed by atoms with van der Waals surface area (Å²) in [5.41, 5.74) is 1.88. The van der Waals surface area contributed by atoms with Gasteiger partial charge in [-0.2, -0.15) is 0 Å². The predicted octanol–water partition coefficient (Wildman–Crippen LogP) is 3.65. The molecule has 104 valence electrons. The summed E-state index contributed by atoms with van der Waals surface area (Å²) in [4.78, 5) is 0. The first-order valence-electron chi connectivity index (χ1n) is 6.63. The summed E-state index contributed by atoms with van der Waals surface area (Å²) >= 11 is 0. The van der Waals surface area contributed by atoms with Gasteiger partial charge in [0.15, 0.2) is 0 Å². The molecule has 0 saturated heterocycles. The molecular weight excluding hydrogens is 267 g/mol. The molecule has 4 nitrogen and oxygen atoms in total. The molecule has 2 aromatic rings. The lowest BCUT2D eigenvalue weighted by Gasteiger charge is -2.27. The van der Waals surface area contributed by atoms with Gasteiger partial charge in [0.1, 0.15) is 23.0 Å². The van der Waals surface area contributed by atoms with E-state index in [1.807, 2.05) is 36.4 Å². The van der Waals surface area contributed by atoms with E-state index in [4.69, 9.17) is 18.6 Å². The lowest BCUT2D eigenvalue weighted by Crippen LogP contribution is -2.54. The van der Waals surface area contributed by atoms with Crippen LogP contribution in [-0.4, -0.2) is 6.96 Å². The van der Waals surface area contributed by atoms with Crippen LogP contribution in [0.2, 0.25) is 0 Å². The van der Waals surface area contributed by atoms with Crippen LogP contribution in [0.5, 0.6) is 23.0 Å². The fraction of sp³-hybridized carbons (Fsp3) is 0. The summed E-state index contributed by atoms with van der Waals surface area (Å²) in [6.45, 7) is 5.15. The molecule has 1 spiro atoms. The summed E-state index contributed by atoms with van der Waals surface area (Å²) in [5.74, 6) is 2.36. The van der Waals surface area contributed by atoms with Crippen LogP contribution in [-0.2, 0) is 0 Å². The Balaban J connectivity index is 1.67. The minimum absolute atomic E-state index is 0.587. The highest BCUT2D eigenvalue weighted by molar-refractivity contribution is 6.59. The second kappa shape index (κ2) is 4.09. The number of benzene rings is 2. The average molecular weight is 279 g/mol. The average Bonchev–Trinajstić information content (AvgIpc) is 3.03. The zero-order chi connectivity index (χ0) is 14.4. The van der Waals surface area contributed by atoms with Gasteiger partial charge in [-0.1, -0.05) is 37.4 Å². The summed E-state index contributed by atoms with van der Waals surface area (Å²) in [6, 6.07) is 11.1. The molecule has 4 rings (SSSR count). The molecule has 0 N–H and O–H groups in total. The van der Waals surface area contributed by atoms with Crippen LogP contribution in [0.4, 0.5) is 0 Å². The Morgan fingerprint density at radius 2 is 1.10 bits per heavy atom. The molecule has 0 atom stereocenters. The van der Waals surface area contributed by atoms with Crippen LogP contribution in [0.3, 0.4) is 0 Å². The molecule has 2 aromatic carbocycles. The van der Waals surface area contributed by atoms with Crippen molar-refractivity contribution in [2.45, 2.75) is 0 Å². The first-order valence-corrected chi connectivity index (χ1v) is 6.63. The van der Waals surface area contributed by atoms with Crippen LogP contribution >= 0.6 is 0 Å². The van der Waals surface area contributed by atoms with Crippen LogP contribution in [0.25, 0.3) is 12.2 Å². The fourth-order valence-electron chi connectivity index (χ4n) is 2.45. The van der Waals surface area contributed by atoms with E-state index in [1.165, 1.54) is 0 Å². The molecule has 2 aliphatic heterocycles. The van der Waals surface area contributed by atoms with Gasteiger partial charge in [0.05, 0.1) is 0 Å². The van der Waals surface area contributed by atoms with Gasteiger partial charge in [-0.15, -0.1) is 0 Å². The van der Waals surface area contributed by atoms with Crippen molar-refractivity contribution in [2.75, 3.05) is 0 Å². The molecule has 0 fully saturated rings. The standard InChI is InChI=1S/C16H12BO4/c1-3-11-5-7-13-15(9-11)20-17(18-13)19-14-8-6-12(4-2)10-16(14)21-17/h3-10H,1-2H2/q-1. The van der Waals surface area contributed by atoms with E-state index < -0.39 is 6.96 Å². The van der Waals surface area contributed by atoms with E-state index in [2.05, 4.69) is 13.2 Å². The number of fused-ring (bicyclic) bond motifs is 2. The van der Waals surface area contributed by atoms with E-state index in [1.54, 1.807) is 12.2 Å². The van der Waals surface area contributed by atoms with Crippen LogP contribution in [0.15, 0.2) is 49.6 Å². The van der Waals surface area contributed by atoms with Gasteiger partial charge in [-0.3, -0.25) is 0 Å². The van der Waals surface area contributed by atoms with Crippen molar-refractivity contribution >= 4 is 19.1 Å². The van der Waals surface area contributed by atoms with E-state index in [0.29, 0.717) is 23.0 Å². The Morgan fingerprint density at radius 3 is 1.52 bits per heavy atom. The Hall–Kier alpha value is -2.82. The third-order valence-electron chi connectivity index (χ3n) is 3.49. The molecule has 21 heavy (non-hydrogen) atoms. The normalized spacial score (nSPS) is 16.0. The van der Waals surface area contributed by atoms with Gasteiger partial charge < -0.3 is 18.6 Å². The van der Waals surface area contributed by atoms with Gasteiger partial charge in [0.25, 0.3) is 0 Å². The second-order valence-corrected chi connectivity index (χ2v) is 4.87. The number of hydrogen-bond donors (Lipinski definition) is 0. The van der Waals surface area contributed by atoms with Crippen molar-refractivity contribution in [1.29, 1.82) is 0 Å². The third-order valence-corrected chi connectivity index (χ3v) is 3.49. The topological polar surface area (TPSA) is 36.9 Å². The van der Waals surface area contributed by atoms with Crippen molar-refractivity contribution in [3.05, 3.63) is 60.7 Å². The minimum atomic E-state index is -2.32. The maximum atomic E-state index is 5.78. The van der Waals surface area contributed by atoms with Crippen molar-refractivity contribution in [3.63, 3.8) is 0 Å². The molecule has 0 radical (unpaired) electrons. The predicted molar refractivity (Wildman–Crippen MR) is 81.3 cm³/mol. The van der Waals surface area contributed by atoms with E-state index in [9.17, 15) is 0 Å². The summed E-state index contributed by atoms with van der Waals surface area (Å²) in [7, 11) is 0. The zero-order valence-electron chi connectivity index (χ0n) is 11.2. The highest BCUT2D eigenvalue weighted by Gasteiger charge is 2.51. The molecule has 2 aliphatic rings. The van der Waals surface area contributed by atoms with Crippen molar-refractivity contribution in [2.24, 2.45) is 0 Å². The Bertz CT molecular complexity index is 703. The summed E-state index contributed by atoms with van der Waals surface area (Å²) in [5, 5.41) is 0. The number of hydrogen-bond acceptors (Lipinski definition) is 4. The quantitative estimate of drug-likeness (QED) is 0.786. The molecule has 2 heterocycles. The maximum absolute atomic E-state index is 5.78. The van der Waals surface area contributed by atoms with E-state index in [-0.39, 0.29) is 0 Å². The molecule has 0 saturated carbocycles. The first kappa shape index (κ1) is 12.0. The third kappa shape index (κ3) is 1.78. The fourth-order valence-corrected chi connectivity index (χ4v) is 2.45. The molecule has 0 aliphatic carbocycles. The van der Waals surface area contributed by atoms with E-state index >= 15 is 0 Å². The molecule has 0 bridgehead atoms. The summed E-state index contributed by atoms with van der Waals surface area (Å²) in [6.07, 6.45) is 3.48. The smallest absolute Gasteiger partial charge is 0.609 e. The highest BCUT2D eigenvalue weighted by atomic mass is 16.9. The van der Waals surface area contributed by atoms with Crippen molar-refractivity contribution in [3.8, 4) is 23.0 Å². The van der Waals surface area contributed by atoms with Crippen molar-refractivity contribution in [1.82, 2.24) is 0 Å². The van der Waals surface area contributed by atoms with Gasteiger partial charge in [0, 0.05) is 0 Å². The molecule has 0 aromatic heterocycles. The van der Waals surface area contributed by atoms with Gasteiger partial charge in [-0.05, 0) is 35.4 Å². The van der Waals surface area contributed by atoms with E-state index in [0.717, 1.165) is 11.1 Å².